The van der Waals surface area contributed by atoms with Crippen LogP contribution in [0.25, 0.3) is 276 Å². The number of aromatic nitrogens is 7. The molecule has 141 heavy (non-hydrogen) atoms. The summed E-state index contributed by atoms with van der Waals surface area (Å²) in [6.07, 6.45) is 0. The van der Waals surface area contributed by atoms with Gasteiger partial charge in [-0.25, -0.2) is 0 Å². The number of para-hydroxylation sites is 11. The van der Waals surface area contributed by atoms with Gasteiger partial charge >= 0.3 is 0 Å². The minimum Gasteiger partial charge on any atom is -0.309 e. The number of benzene rings is 23. The van der Waals surface area contributed by atoms with E-state index < -0.39 is 0 Å². The zero-order chi connectivity index (χ0) is 92.2. The van der Waals surface area contributed by atoms with Crippen LogP contribution in [0.3, 0.4) is 0 Å². The van der Waals surface area contributed by atoms with Crippen molar-refractivity contribution in [3.63, 3.8) is 0 Å². The SMILES string of the molecule is c1ccc(-n2c3ccccc3c3c4ccc5c6ccccc6n(-c6ccc(-c7cccc8c7sc7ccccc78)cc6)c5c4ccc32)cc1.c1ccc(-n2c3ccccc3c3c4ccc5c6ccccc6n(-c6cccc7c6sc6ccccc67)c5c4ccc32)cc1.c1ccc(-n2c3ccccc3c3cc(-n4c5ccccc5c5ccc6c(ccc7c6c6ccccc6n7-c6ccccc6)c54)ccc32)cc1. The highest BCUT2D eigenvalue weighted by Gasteiger charge is 2.27. The third kappa shape index (κ3) is 11.8. The molecule has 9 heterocycles. The second-order valence-corrected chi connectivity index (χ2v) is 39.2. The van der Waals surface area contributed by atoms with Crippen molar-refractivity contribution in [3.05, 3.63) is 491 Å². The maximum absolute atomic E-state index is 2.52. The van der Waals surface area contributed by atoms with Gasteiger partial charge in [-0.1, -0.05) is 334 Å². The monoisotopic (exact) mass is 1830 g/mol. The van der Waals surface area contributed by atoms with Gasteiger partial charge in [0.1, 0.15) is 0 Å². The first kappa shape index (κ1) is 79.1. The molecular weight excluding hydrogens is 1750 g/mol. The van der Waals surface area contributed by atoms with Crippen LogP contribution in [0, 0.1) is 0 Å². The Hall–Kier alpha value is -18.1. The predicted molar refractivity (Wildman–Crippen MR) is 603 cm³/mol. The van der Waals surface area contributed by atoms with Crippen LogP contribution in [0.5, 0.6) is 0 Å². The van der Waals surface area contributed by atoms with E-state index in [2.05, 4.69) is 523 Å². The first-order valence-electron chi connectivity index (χ1n) is 48.4. The second-order valence-electron chi connectivity index (χ2n) is 37.1. The summed E-state index contributed by atoms with van der Waals surface area (Å²) in [5, 5.41) is 30.7. The van der Waals surface area contributed by atoms with Crippen LogP contribution in [0.2, 0.25) is 0 Å². The third-order valence-corrected chi connectivity index (χ3v) is 32.3. The van der Waals surface area contributed by atoms with Crippen LogP contribution < -0.4 is 0 Å². The van der Waals surface area contributed by atoms with Crippen LogP contribution in [0.4, 0.5) is 0 Å². The first-order valence-corrected chi connectivity index (χ1v) is 50.0. The predicted octanol–water partition coefficient (Wildman–Crippen LogP) is 36.6. The summed E-state index contributed by atoms with van der Waals surface area (Å²) in [6, 6.07) is 180. The van der Waals surface area contributed by atoms with E-state index in [1.807, 2.05) is 22.7 Å². The minimum atomic E-state index is 1.16. The molecule has 7 nitrogen and oxygen atoms in total. The van der Waals surface area contributed by atoms with Gasteiger partial charge in [0.05, 0.1) is 87.6 Å². The standard InChI is InChI=1S/C46H29N3.C46H28N2S.C40H24N2S/c1-3-13-30(14-4-1)47-40-20-10-8-18-34(40)39-29-32(23-27-43(39)47)49-41-21-11-7-17-33(41)36-25-24-35-37(46(36)49)26-28-44-45(35)38-19-9-12-22-42(38)48(44)31-15-5-2-6-16-31;1-2-11-30(12-3-1)47-41-19-8-5-15-39(41)44-35-25-26-36-33-13-4-7-18-40(33)48(45(36)37(35)27-28-42(44)47)31-23-21-29(22-24-31)32-16-10-17-38-34-14-6-9-20-43(34)49-46(32)38;1-2-11-25(12-3-1)41-34-18-8-5-15-32(34)38-28-21-22-29-26-13-4-7-17-33(26)42(39(29)30(28)23-24-35(38)41)36-19-10-16-31-27-14-6-9-20-37(27)43-40(31)36/h1-29H;1-28H;1-24H. The van der Waals surface area contributed by atoms with E-state index in [0.717, 1.165) is 11.4 Å². The number of nitrogens with zero attached hydrogens (tertiary/aromatic N) is 7. The maximum atomic E-state index is 2.52. The van der Waals surface area contributed by atoms with Gasteiger partial charge in [0.15, 0.2) is 0 Å². The Bertz CT molecular complexity index is 10800. The lowest BCUT2D eigenvalue weighted by Crippen LogP contribution is -1.96. The molecule has 656 valence electrons. The lowest BCUT2D eigenvalue weighted by atomic mass is 10.0. The number of hydrogen-bond donors (Lipinski definition) is 0. The molecule has 0 fully saturated rings. The van der Waals surface area contributed by atoms with Crippen molar-refractivity contribution in [2.24, 2.45) is 0 Å². The lowest BCUT2D eigenvalue weighted by molar-refractivity contribution is 1.17. The van der Waals surface area contributed by atoms with Crippen LogP contribution in [-0.4, -0.2) is 32.0 Å². The fourth-order valence-electron chi connectivity index (χ4n) is 24.0. The Labute approximate surface area is 816 Å². The van der Waals surface area contributed by atoms with E-state index in [9.17, 15) is 0 Å². The van der Waals surface area contributed by atoms with Crippen molar-refractivity contribution in [2.45, 2.75) is 0 Å². The quantitative estimate of drug-likeness (QED) is 0.145. The summed E-state index contributed by atoms with van der Waals surface area (Å²) < 4.78 is 22.4. The van der Waals surface area contributed by atoms with Gasteiger partial charge in [-0.2, -0.15) is 0 Å². The summed E-state index contributed by atoms with van der Waals surface area (Å²) in [4.78, 5) is 0. The molecule has 0 amide bonds. The highest BCUT2D eigenvalue weighted by Crippen LogP contribution is 2.51. The molecule has 0 aliphatic heterocycles. The smallest absolute Gasteiger partial charge is 0.0641 e. The van der Waals surface area contributed by atoms with Gasteiger partial charge < -0.3 is 32.0 Å². The third-order valence-electron chi connectivity index (χ3n) is 29.8. The summed E-state index contributed by atoms with van der Waals surface area (Å²) in [5.74, 6) is 0. The maximum Gasteiger partial charge on any atom is 0.0641 e. The normalized spacial score (nSPS) is 12.1. The summed E-state index contributed by atoms with van der Waals surface area (Å²) in [7, 11) is 0. The molecule has 0 bridgehead atoms. The molecule has 9 heteroatoms. The zero-order valence-corrected chi connectivity index (χ0v) is 77.8. The molecule has 0 aliphatic rings. The van der Waals surface area contributed by atoms with Gasteiger partial charge in [0, 0.05) is 161 Å². The molecule has 0 unspecified atom stereocenters. The highest BCUT2D eigenvalue weighted by atomic mass is 32.1. The number of rotatable bonds is 8. The number of thiophene rings is 2. The van der Waals surface area contributed by atoms with Gasteiger partial charge in [-0.05, 0) is 185 Å². The van der Waals surface area contributed by atoms with E-state index in [-0.39, 0.29) is 0 Å². The zero-order valence-electron chi connectivity index (χ0n) is 76.2. The molecule has 0 saturated heterocycles. The fraction of sp³-hybridized carbons (Fsp3) is 0. The van der Waals surface area contributed by atoms with Crippen LogP contribution >= 0.6 is 22.7 Å². The average molecular weight is 1830 g/mol. The molecule has 0 atom stereocenters. The van der Waals surface area contributed by atoms with Crippen LogP contribution in [0.15, 0.2) is 491 Å². The molecule has 9 aromatic heterocycles. The molecule has 32 aromatic rings. The molecule has 0 N–H and O–H groups in total. The van der Waals surface area contributed by atoms with Crippen molar-refractivity contribution in [1.82, 2.24) is 32.0 Å². The Balaban J connectivity index is 0.0000000994. The summed E-state index contributed by atoms with van der Waals surface area (Å²) in [6.45, 7) is 0. The molecule has 0 aliphatic carbocycles. The van der Waals surface area contributed by atoms with E-state index >= 15 is 0 Å². The van der Waals surface area contributed by atoms with E-state index in [1.165, 1.54) is 265 Å². The van der Waals surface area contributed by atoms with Gasteiger partial charge in [-0.3, -0.25) is 0 Å². The minimum absolute atomic E-state index is 1.16. The summed E-state index contributed by atoms with van der Waals surface area (Å²) in [5.41, 5.74) is 28.0. The molecule has 0 radical (unpaired) electrons. The van der Waals surface area contributed by atoms with E-state index in [1.54, 1.807) is 0 Å². The van der Waals surface area contributed by atoms with Crippen molar-refractivity contribution in [1.29, 1.82) is 0 Å². The molecule has 0 spiro atoms. The lowest BCUT2D eigenvalue weighted by Gasteiger charge is -2.12. The van der Waals surface area contributed by atoms with Crippen molar-refractivity contribution < 1.29 is 0 Å². The second kappa shape index (κ2) is 31.2. The highest BCUT2D eigenvalue weighted by molar-refractivity contribution is 7.26. The molecular formula is C132H81N7S2. The summed E-state index contributed by atoms with van der Waals surface area (Å²) >= 11 is 3.78. The van der Waals surface area contributed by atoms with Gasteiger partial charge in [-0.15, -0.1) is 22.7 Å². The molecule has 0 saturated carbocycles. The first-order chi connectivity index (χ1) is 70.0. The van der Waals surface area contributed by atoms with Gasteiger partial charge in [0.2, 0.25) is 0 Å². The fourth-order valence-corrected chi connectivity index (χ4v) is 26.4. The van der Waals surface area contributed by atoms with Crippen LogP contribution in [0.1, 0.15) is 0 Å². The van der Waals surface area contributed by atoms with E-state index in [0.29, 0.717) is 0 Å². The topological polar surface area (TPSA) is 34.5 Å². The number of hydrogen-bond acceptors (Lipinski definition) is 2. The Kier molecular flexibility index (Phi) is 17.5. The molecule has 32 rings (SSSR count). The largest absolute Gasteiger partial charge is 0.309 e. The van der Waals surface area contributed by atoms with Gasteiger partial charge in [0.25, 0.3) is 0 Å². The van der Waals surface area contributed by atoms with Crippen molar-refractivity contribution in [3.8, 4) is 50.9 Å². The van der Waals surface area contributed by atoms with E-state index in [4.69, 9.17) is 0 Å². The average Bonchev–Trinajstić information content (AvgIpc) is 1.55. The van der Waals surface area contributed by atoms with Crippen molar-refractivity contribution >= 4 is 248 Å². The Morgan fingerprint density at radius 3 is 0.823 bits per heavy atom. The Morgan fingerprint density at radius 2 is 0.397 bits per heavy atom. The van der Waals surface area contributed by atoms with Crippen LogP contribution in [-0.2, 0) is 0 Å². The Morgan fingerprint density at radius 1 is 0.135 bits per heavy atom. The van der Waals surface area contributed by atoms with Crippen molar-refractivity contribution in [2.75, 3.05) is 0 Å². The molecule has 23 aromatic carbocycles. The number of fused-ring (bicyclic) bond motifs is 36.